The highest BCUT2D eigenvalue weighted by atomic mass is 19.1. The van der Waals surface area contributed by atoms with Crippen LogP contribution >= 0.6 is 0 Å². The number of ether oxygens (including phenoxy) is 2. The molecule has 2 unspecified atom stereocenters. The van der Waals surface area contributed by atoms with Crippen LogP contribution in [0, 0.1) is 5.92 Å². The van der Waals surface area contributed by atoms with Crippen molar-refractivity contribution < 1.29 is 23.5 Å². The van der Waals surface area contributed by atoms with Gasteiger partial charge in [-0.3, -0.25) is 0 Å². The molecule has 1 fully saturated rings. The molecule has 0 aromatic rings. The summed E-state index contributed by atoms with van der Waals surface area (Å²) in [6.07, 6.45) is -0.320. The quantitative estimate of drug-likeness (QED) is 0.749. The number of amides is 1. The Labute approximate surface area is 119 Å². The predicted molar refractivity (Wildman–Crippen MR) is 72.1 cm³/mol. The van der Waals surface area contributed by atoms with E-state index in [0.717, 1.165) is 12.8 Å². The molecule has 0 aliphatic carbocycles. The van der Waals surface area contributed by atoms with Crippen molar-refractivity contribution in [3.8, 4) is 0 Å². The number of carbonyl (C=O) groups excluding carboxylic acids is 2. The molecule has 1 aliphatic rings. The van der Waals surface area contributed by atoms with Crippen molar-refractivity contribution in [3.05, 3.63) is 0 Å². The van der Waals surface area contributed by atoms with E-state index in [9.17, 15) is 14.0 Å². The van der Waals surface area contributed by atoms with Crippen LogP contribution in [-0.2, 0) is 14.3 Å². The van der Waals surface area contributed by atoms with Crippen molar-refractivity contribution in [1.29, 1.82) is 0 Å². The third-order valence-electron chi connectivity index (χ3n) is 3.17. The maximum atomic E-state index is 13.6. The highest BCUT2D eigenvalue weighted by Crippen LogP contribution is 2.24. The number of methoxy groups -OCH3 is 1. The lowest BCUT2D eigenvalue weighted by atomic mass is 9.93. The van der Waals surface area contributed by atoms with Crippen molar-refractivity contribution in [2.75, 3.05) is 20.2 Å². The lowest BCUT2D eigenvalue weighted by molar-refractivity contribution is -0.147. The molecule has 116 valence electrons. The summed E-state index contributed by atoms with van der Waals surface area (Å²) in [5.41, 5.74) is -0.543. The molecule has 1 heterocycles. The Balaban J connectivity index is 2.50. The van der Waals surface area contributed by atoms with E-state index < -0.39 is 17.7 Å². The van der Waals surface area contributed by atoms with Crippen molar-refractivity contribution >= 4 is 12.1 Å². The van der Waals surface area contributed by atoms with E-state index >= 15 is 0 Å². The Kier molecular flexibility index (Phi) is 5.77. The van der Waals surface area contributed by atoms with Gasteiger partial charge in [0.1, 0.15) is 5.60 Å². The van der Waals surface area contributed by atoms with Gasteiger partial charge in [0, 0.05) is 13.1 Å². The summed E-state index contributed by atoms with van der Waals surface area (Å²) in [5.74, 6) is -0.884. The van der Waals surface area contributed by atoms with Crippen LogP contribution in [0.25, 0.3) is 0 Å². The molecule has 0 spiro atoms. The van der Waals surface area contributed by atoms with Crippen LogP contribution in [0.2, 0.25) is 0 Å². The minimum atomic E-state index is -1.62. The zero-order valence-corrected chi connectivity index (χ0v) is 12.6. The minimum Gasteiger partial charge on any atom is -0.467 e. The molecule has 0 radical (unpaired) electrons. The van der Waals surface area contributed by atoms with Gasteiger partial charge in [0.25, 0.3) is 0 Å². The number of nitrogens with zero attached hydrogens (tertiary/aromatic N) is 1. The van der Waals surface area contributed by atoms with Gasteiger partial charge in [0.15, 0.2) is 6.17 Å². The topological polar surface area (TPSA) is 55.8 Å². The Bertz CT molecular complexity index is 354. The Morgan fingerprint density at radius 3 is 2.60 bits per heavy atom. The largest absolute Gasteiger partial charge is 0.467 e. The summed E-state index contributed by atoms with van der Waals surface area (Å²) in [4.78, 5) is 24.6. The molecule has 0 saturated carbocycles. The fourth-order valence-electron chi connectivity index (χ4n) is 2.27. The Hall–Kier alpha value is -1.33. The van der Waals surface area contributed by atoms with Gasteiger partial charge in [-0.1, -0.05) is 0 Å². The van der Waals surface area contributed by atoms with Crippen LogP contribution in [0.1, 0.15) is 40.0 Å². The van der Waals surface area contributed by atoms with Gasteiger partial charge in [-0.15, -0.1) is 0 Å². The normalized spacial score (nSPS) is 21.2. The first-order valence-corrected chi connectivity index (χ1v) is 6.92. The van der Waals surface area contributed by atoms with Crippen LogP contribution in [0.5, 0.6) is 0 Å². The molecule has 1 amide bonds. The van der Waals surface area contributed by atoms with Gasteiger partial charge in [-0.25, -0.2) is 14.0 Å². The number of alkyl halides is 1. The van der Waals surface area contributed by atoms with Gasteiger partial charge in [-0.2, -0.15) is 0 Å². The van der Waals surface area contributed by atoms with E-state index in [1.165, 1.54) is 7.11 Å². The van der Waals surface area contributed by atoms with E-state index in [1.54, 1.807) is 25.7 Å². The van der Waals surface area contributed by atoms with Gasteiger partial charge in [0.05, 0.1) is 7.11 Å². The molecule has 1 saturated heterocycles. The van der Waals surface area contributed by atoms with E-state index in [-0.39, 0.29) is 18.4 Å². The third-order valence-corrected chi connectivity index (χ3v) is 3.17. The number of halogens is 1. The number of piperidine rings is 1. The van der Waals surface area contributed by atoms with E-state index in [2.05, 4.69) is 4.74 Å². The molecule has 6 heteroatoms. The highest BCUT2D eigenvalue weighted by molar-refractivity contribution is 5.74. The number of carbonyl (C=O) groups is 2. The highest BCUT2D eigenvalue weighted by Gasteiger charge is 2.30. The fraction of sp³-hybridized carbons (Fsp3) is 0.857. The monoisotopic (exact) mass is 289 g/mol. The van der Waals surface area contributed by atoms with Gasteiger partial charge >= 0.3 is 12.1 Å². The van der Waals surface area contributed by atoms with Crippen molar-refractivity contribution in [2.24, 2.45) is 5.92 Å². The van der Waals surface area contributed by atoms with Gasteiger partial charge in [0.2, 0.25) is 0 Å². The molecule has 20 heavy (non-hydrogen) atoms. The second kappa shape index (κ2) is 6.90. The number of hydrogen-bond acceptors (Lipinski definition) is 4. The van der Waals surface area contributed by atoms with Crippen LogP contribution in [0.3, 0.4) is 0 Å². The first-order chi connectivity index (χ1) is 9.23. The lowest BCUT2D eigenvalue weighted by Crippen LogP contribution is -2.43. The number of rotatable bonds is 3. The summed E-state index contributed by atoms with van der Waals surface area (Å²) in [7, 11) is 1.17. The van der Waals surface area contributed by atoms with E-state index in [1.807, 2.05) is 0 Å². The summed E-state index contributed by atoms with van der Waals surface area (Å²) >= 11 is 0. The molecular weight excluding hydrogens is 265 g/mol. The molecule has 0 N–H and O–H groups in total. The summed E-state index contributed by atoms with van der Waals surface area (Å²) < 4.78 is 23.2. The Morgan fingerprint density at radius 2 is 2.05 bits per heavy atom. The second-order valence-electron chi connectivity index (χ2n) is 6.16. The van der Waals surface area contributed by atoms with Crippen LogP contribution in [0.4, 0.5) is 9.18 Å². The smallest absolute Gasteiger partial charge is 0.410 e. The average Bonchev–Trinajstić information content (AvgIpc) is 2.36. The summed E-state index contributed by atoms with van der Waals surface area (Å²) in [6.45, 7) is 6.45. The summed E-state index contributed by atoms with van der Waals surface area (Å²) in [5, 5.41) is 0. The fourth-order valence-corrected chi connectivity index (χ4v) is 2.27. The zero-order chi connectivity index (χ0) is 15.3. The summed E-state index contributed by atoms with van der Waals surface area (Å²) in [6, 6.07) is 0. The van der Waals surface area contributed by atoms with Crippen molar-refractivity contribution in [3.63, 3.8) is 0 Å². The van der Waals surface area contributed by atoms with Crippen LogP contribution < -0.4 is 0 Å². The maximum absolute atomic E-state index is 13.6. The Morgan fingerprint density at radius 1 is 1.40 bits per heavy atom. The lowest BCUT2D eigenvalue weighted by Gasteiger charge is -2.34. The standard InChI is InChI=1S/C14H24FNO4/c1-14(2,3)20-13(18)16-7-5-6-10(9-16)8-11(15)12(17)19-4/h10-11H,5-9H2,1-4H3. The first-order valence-electron chi connectivity index (χ1n) is 6.92. The number of hydrogen-bond donors (Lipinski definition) is 0. The molecule has 0 bridgehead atoms. The molecule has 0 aromatic heterocycles. The second-order valence-corrected chi connectivity index (χ2v) is 6.16. The van der Waals surface area contributed by atoms with E-state index in [4.69, 9.17) is 4.74 Å². The van der Waals surface area contributed by atoms with Crippen molar-refractivity contribution in [1.82, 2.24) is 4.90 Å². The van der Waals surface area contributed by atoms with Crippen molar-refractivity contribution in [2.45, 2.75) is 51.8 Å². The van der Waals surface area contributed by atoms with Crippen LogP contribution in [-0.4, -0.2) is 48.9 Å². The third kappa shape index (κ3) is 5.35. The van der Waals surface area contributed by atoms with Gasteiger partial charge in [-0.05, 0) is 46.0 Å². The molecule has 1 aliphatic heterocycles. The zero-order valence-electron chi connectivity index (χ0n) is 12.6. The first kappa shape index (κ1) is 16.7. The number of likely N-dealkylation sites (tertiary alicyclic amines) is 1. The maximum Gasteiger partial charge on any atom is 0.410 e. The minimum absolute atomic E-state index is 0.0367. The van der Waals surface area contributed by atoms with Gasteiger partial charge < -0.3 is 14.4 Å². The average molecular weight is 289 g/mol. The SMILES string of the molecule is COC(=O)C(F)CC1CCCN(C(=O)OC(C)(C)C)C1. The number of esters is 1. The predicted octanol–water partition coefficient (Wildman–Crippen LogP) is 2.53. The molecular formula is C14H24FNO4. The molecule has 5 nitrogen and oxygen atoms in total. The van der Waals surface area contributed by atoms with E-state index in [0.29, 0.717) is 13.1 Å². The molecule has 1 rings (SSSR count). The molecule has 0 aromatic carbocycles. The molecule has 2 atom stereocenters. The van der Waals surface area contributed by atoms with Crippen LogP contribution in [0.15, 0.2) is 0 Å².